The molecular weight excluding hydrogens is 512 g/mol. The van der Waals surface area contributed by atoms with E-state index in [1.807, 2.05) is 12.1 Å². The van der Waals surface area contributed by atoms with Gasteiger partial charge in [-0.3, -0.25) is 4.79 Å². The van der Waals surface area contributed by atoms with Gasteiger partial charge in [0.05, 0.1) is 39.7 Å². The molecule has 2 N–H and O–H groups in total. The van der Waals surface area contributed by atoms with Crippen LogP contribution < -0.4 is 15.4 Å². The molecular formula is C23H18ClF2N7O2S. The molecule has 1 aliphatic carbocycles. The highest BCUT2D eigenvalue weighted by Crippen LogP contribution is 2.44. The van der Waals surface area contributed by atoms with Crippen molar-refractivity contribution in [2.45, 2.75) is 37.9 Å². The molecule has 184 valence electrons. The Morgan fingerprint density at radius 1 is 1.22 bits per heavy atom. The van der Waals surface area contributed by atoms with Crippen LogP contribution in [-0.2, 0) is 13.0 Å². The second-order valence-electron chi connectivity index (χ2n) is 9.23. The summed E-state index contributed by atoms with van der Waals surface area (Å²) < 4.78 is 33.5. The molecule has 36 heavy (non-hydrogen) atoms. The fourth-order valence-electron chi connectivity index (χ4n) is 4.81. The summed E-state index contributed by atoms with van der Waals surface area (Å²) in [5, 5.41) is 7.43. The van der Waals surface area contributed by atoms with Crippen molar-refractivity contribution in [3.8, 4) is 11.8 Å². The van der Waals surface area contributed by atoms with Gasteiger partial charge in [0.15, 0.2) is 0 Å². The summed E-state index contributed by atoms with van der Waals surface area (Å²) in [5.74, 6) is 0.164. The molecule has 7 rings (SSSR count). The summed E-state index contributed by atoms with van der Waals surface area (Å²) in [6, 6.07) is 3.72. The smallest absolute Gasteiger partial charge is 0.295 e. The van der Waals surface area contributed by atoms with E-state index < -0.39 is 6.55 Å². The Morgan fingerprint density at radius 2 is 2.08 bits per heavy atom. The number of carbonyl (C=O) groups is 1. The Kier molecular flexibility index (Phi) is 4.82. The molecule has 1 fully saturated rings. The van der Waals surface area contributed by atoms with Crippen molar-refractivity contribution in [3.05, 3.63) is 39.7 Å². The number of hydrogen-bond acceptors (Lipinski definition) is 9. The molecule has 0 unspecified atom stereocenters. The van der Waals surface area contributed by atoms with Crippen molar-refractivity contribution in [1.82, 2.24) is 30.2 Å². The van der Waals surface area contributed by atoms with Gasteiger partial charge in [0, 0.05) is 36.1 Å². The molecule has 2 aliphatic heterocycles. The van der Waals surface area contributed by atoms with Crippen molar-refractivity contribution in [2.24, 2.45) is 0 Å². The number of carbonyl (C=O) groups excluding carboxylic acids is 1. The highest BCUT2D eigenvalue weighted by molar-refractivity contribution is 7.21. The van der Waals surface area contributed by atoms with E-state index in [9.17, 15) is 13.6 Å². The van der Waals surface area contributed by atoms with Crippen LogP contribution in [0.3, 0.4) is 0 Å². The second kappa shape index (κ2) is 7.89. The van der Waals surface area contributed by atoms with Crippen LogP contribution in [0.4, 0.5) is 14.5 Å². The molecule has 0 bridgehead atoms. The van der Waals surface area contributed by atoms with Gasteiger partial charge in [0.1, 0.15) is 4.88 Å². The minimum atomic E-state index is -2.60. The van der Waals surface area contributed by atoms with E-state index in [1.54, 1.807) is 0 Å². The lowest BCUT2D eigenvalue weighted by molar-refractivity contribution is -0.0363. The Hall–Kier alpha value is -3.22. The maximum Gasteiger partial charge on any atom is 0.295 e. The molecule has 5 heterocycles. The van der Waals surface area contributed by atoms with Crippen molar-refractivity contribution in [3.63, 3.8) is 0 Å². The summed E-state index contributed by atoms with van der Waals surface area (Å²) in [4.78, 5) is 32.0. The summed E-state index contributed by atoms with van der Waals surface area (Å²) >= 11 is 7.49. The Morgan fingerprint density at radius 3 is 2.89 bits per heavy atom. The number of thiophene rings is 1. The third-order valence-electron chi connectivity index (χ3n) is 6.89. The van der Waals surface area contributed by atoms with Crippen LogP contribution in [0.5, 0.6) is 11.8 Å². The normalized spacial score (nSPS) is 18.6. The number of halogens is 3. The summed E-state index contributed by atoms with van der Waals surface area (Å²) in [5.41, 5.74) is 2.85. The van der Waals surface area contributed by atoms with E-state index in [0.717, 1.165) is 33.5 Å². The summed E-state index contributed by atoms with van der Waals surface area (Å²) in [6.07, 6.45) is 3.70. The van der Waals surface area contributed by atoms with E-state index in [0.29, 0.717) is 40.1 Å². The summed E-state index contributed by atoms with van der Waals surface area (Å²) in [6.45, 7) is -1.83. The van der Waals surface area contributed by atoms with Gasteiger partial charge < -0.3 is 15.4 Å². The molecule has 0 atom stereocenters. The number of amides is 1. The van der Waals surface area contributed by atoms with E-state index in [-0.39, 0.29) is 41.6 Å². The zero-order valence-electron chi connectivity index (χ0n) is 18.6. The average Bonchev–Trinajstić information content (AvgIpc) is 3.54. The molecule has 9 nitrogen and oxygen atoms in total. The van der Waals surface area contributed by atoms with Crippen molar-refractivity contribution in [1.29, 1.82) is 0 Å². The Balaban J connectivity index is 1.27. The first-order valence-electron chi connectivity index (χ1n) is 11.4. The first-order valence-corrected chi connectivity index (χ1v) is 12.6. The fraction of sp³-hybridized carbons (Fsp3) is 0.348. The maximum atomic E-state index is 13.3. The molecule has 1 amide bonds. The summed E-state index contributed by atoms with van der Waals surface area (Å²) in [7, 11) is 0. The van der Waals surface area contributed by atoms with Gasteiger partial charge in [-0.05, 0) is 36.6 Å². The van der Waals surface area contributed by atoms with Crippen LogP contribution in [0.1, 0.15) is 33.8 Å². The van der Waals surface area contributed by atoms with Gasteiger partial charge in [-0.2, -0.15) is 13.8 Å². The highest BCUT2D eigenvalue weighted by Gasteiger charge is 2.46. The number of hydrogen-bond donors (Lipinski definition) is 2. The van der Waals surface area contributed by atoms with Gasteiger partial charge in [0.2, 0.25) is 17.0 Å². The van der Waals surface area contributed by atoms with Crippen LogP contribution in [0.25, 0.3) is 21.1 Å². The molecule has 3 aliphatic rings. The van der Waals surface area contributed by atoms with Crippen LogP contribution in [0.15, 0.2) is 18.3 Å². The number of nitrogens with zero attached hydrogens (tertiary/aromatic N) is 5. The van der Waals surface area contributed by atoms with Crippen LogP contribution in [-0.4, -0.2) is 55.9 Å². The van der Waals surface area contributed by atoms with Crippen molar-refractivity contribution >= 4 is 55.7 Å². The number of ether oxygens (including phenoxy) is 1. The predicted octanol–water partition coefficient (Wildman–Crippen LogP) is 4.35. The molecule has 1 aromatic carbocycles. The topological polar surface area (TPSA) is 105 Å². The lowest BCUT2D eigenvalue weighted by Crippen LogP contribution is -2.39. The molecule has 1 spiro atoms. The van der Waals surface area contributed by atoms with Gasteiger partial charge >= 0.3 is 0 Å². The lowest BCUT2D eigenvalue weighted by Gasteiger charge is -2.27. The Labute approximate surface area is 211 Å². The predicted molar refractivity (Wildman–Crippen MR) is 130 cm³/mol. The number of aromatic nitrogens is 4. The zero-order valence-corrected chi connectivity index (χ0v) is 20.2. The van der Waals surface area contributed by atoms with Crippen LogP contribution >= 0.6 is 22.9 Å². The van der Waals surface area contributed by atoms with E-state index in [2.05, 4.69) is 30.6 Å². The largest absolute Gasteiger partial charge is 0.418 e. The standard InChI is InChI=1S/C23H18ClF2N7O2S/c24-21-30-11-3-6-33(22(25)26)8-10(11)20(31-21)35-14-7-27-16-12(29-14)1-2-13-15(16)17-18(36-13)19(34)32-23(4-5-23)9-28-17/h1-2,7,22,28H,3-6,8-9H2,(H,32,34). The zero-order chi connectivity index (χ0) is 24.6. The quantitative estimate of drug-likeness (QED) is 0.298. The van der Waals surface area contributed by atoms with Gasteiger partial charge in [0.25, 0.3) is 12.5 Å². The monoisotopic (exact) mass is 529 g/mol. The molecule has 3 aromatic heterocycles. The number of fused-ring (bicyclic) bond motifs is 6. The second-order valence-corrected chi connectivity index (χ2v) is 10.6. The van der Waals surface area contributed by atoms with Crippen molar-refractivity contribution < 1.29 is 18.3 Å². The molecule has 4 aromatic rings. The first kappa shape index (κ1) is 22.0. The number of alkyl halides is 2. The first-order chi connectivity index (χ1) is 17.4. The number of rotatable bonds is 3. The highest BCUT2D eigenvalue weighted by atomic mass is 35.5. The SMILES string of the molecule is O=C1NC2(CC2)CNc2c1sc1ccc3nc(Oc4nc(Cl)nc5c4CN(C(F)F)CC5)cnc3c21. The fourth-order valence-corrected chi connectivity index (χ4v) is 6.06. The van der Waals surface area contributed by atoms with Crippen LogP contribution in [0.2, 0.25) is 5.28 Å². The van der Waals surface area contributed by atoms with Gasteiger partial charge in [-0.15, -0.1) is 11.3 Å². The molecule has 13 heteroatoms. The molecule has 1 saturated carbocycles. The van der Waals surface area contributed by atoms with E-state index in [1.165, 1.54) is 17.5 Å². The molecule has 0 radical (unpaired) electrons. The molecule has 0 saturated heterocycles. The van der Waals surface area contributed by atoms with Crippen LogP contribution in [0, 0.1) is 0 Å². The van der Waals surface area contributed by atoms with Gasteiger partial charge in [-0.25, -0.2) is 19.9 Å². The third kappa shape index (κ3) is 3.54. The third-order valence-corrected chi connectivity index (χ3v) is 8.21. The van der Waals surface area contributed by atoms with Crippen molar-refractivity contribution in [2.75, 3.05) is 18.4 Å². The van der Waals surface area contributed by atoms with E-state index in [4.69, 9.17) is 16.3 Å². The minimum absolute atomic E-state index is 0.0246. The lowest BCUT2D eigenvalue weighted by atomic mass is 10.1. The maximum absolute atomic E-state index is 13.3. The Bertz CT molecular complexity index is 1580. The minimum Gasteiger partial charge on any atom is -0.418 e. The average molecular weight is 530 g/mol. The number of benzene rings is 1. The van der Waals surface area contributed by atoms with E-state index >= 15 is 0 Å². The van der Waals surface area contributed by atoms with Gasteiger partial charge in [-0.1, -0.05) is 0 Å². The number of nitrogens with one attached hydrogen (secondary N) is 2. The number of anilines is 1.